The van der Waals surface area contributed by atoms with Crippen LogP contribution >= 0.6 is 0 Å². The summed E-state index contributed by atoms with van der Waals surface area (Å²) in [6.45, 7) is 1.99. The van der Waals surface area contributed by atoms with Gasteiger partial charge in [-0.3, -0.25) is 20.2 Å². The van der Waals surface area contributed by atoms with E-state index in [4.69, 9.17) is 9.47 Å². The molecule has 7 heteroatoms. The van der Waals surface area contributed by atoms with E-state index in [0.717, 1.165) is 11.1 Å². The van der Waals surface area contributed by atoms with Gasteiger partial charge in [0.15, 0.2) is 0 Å². The fourth-order valence-corrected chi connectivity index (χ4v) is 2.76. The molecule has 0 aliphatic carbocycles. The van der Waals surface area contributed by atoms with E-state index in [9.17, 15) is 9.59 Å². The monoisotopic (exact) mass is 367 g/mol. The number of carbonyl (C=O) groups excluding carboxylic acids is 2. The lowest BCUT2D eigenvalue weighted by molar-refractivity contribution is -0.120. The van der Waals surface area contributed by atoms with Gasteiger partial charge in [0, 0.05) is 11.6 Å². The first-order valence-electron chi connectivity index (χ1n) is 8.47. The smallest absolute Gasteiger partial charge is 0.258 e. The minimum Gasteiger partial charge on any atom is -0.497 e. The number of nitrogens with one attached hydrogen (secondary N) is 2. The highest BCUT2D eigenvalue weighted by molar-refractivity contribution is 6.10. The van der Waals surface area contributed by atoms with E-state index >= 15 is 0 Å². The third-order valence-corrected chi connectivity index (χ3v) is 4.23. The van der Waals surface area contributed by atoms with Crippen LogP contribution in [0.3, 0.4) is 0 Å². The maximum absolute atomic E-state index is 12.6. The molecular weight excluding hydrogens is 346 g/mol. The number of benzene rings is 2. The van der Waals surface area contributed by atoms with Gasteiger partial charge in [0.05, 0.1) is 26.7 Å². The number of hydrogen-bond acceptors (Lipinski definition) is 5. The summed E-state index contributed by atoms with van der Waals surface area (Å²) in [5.74, 6) is 0.492. The number of hydrogen-bond donors (Lipinski definition) is 2. The molecule has 140 valence electrons. The Kier molecular flexibility index (Phi) is 5.40. The van der Waals surface area contributed by atoms with Crippen LogP contribution in [0, 0.1) is 6.92 Å². The van der Waals surface area contributed by atoms with Crippen molar-refractivity contribution in [1.29, 1.82) is 0 Å². The number of aryl methyl sites for hydroxylation is 1. The topological polar surface area (TPSA) is 89.0 Å². The Morgan fingerprint density at radius 3 is 2.33 bits per heavy atom. The van der Waals surface area contributed by atoms with Crippen molar-refractivity contribution in [3.05, 3.63) is 59.2 Å². The molecule has 27 heavy (non-hydrogen) atoms. The maximum Gasteiger partial charge on any atom is 0.258 e. The predicted molar refractivity (Wildman–Crippen MR) is 101 cm³/mol. The van der Waals surface area contributed by atoms with Crippen LogP contribution < -0.4 is 20.1 Å². The van der Waals surface area contributed by atoms with Crippen molar-refractivity contribution in [1.82, 2.24) is 10.6 Å². The number of nitrogens with zero attached hydrogens (tertiary/aromatic N) is 1. The molecular formula is C20H21N3O4. The van der Waals surface area contributed by atoms with Crippen LogP contribution in [0.2, 0.25) is 0 Å². The van der Waals surface area contributed by atoms with Crippen LogP contribution in [0.15, 0.2) is 47.5 Å². The zero-order valence-corrected chi connectivity index (χ0v) is 15.4. The highest BCUT2D eigenvalue weighted by Crippen LogP contribution is 2.25. The number of aliphatic imine (C=N–C) groups is 1. The molecule has 2 aromatic carbocycles. The van der Waals surface area contributed by atoms with Gasteiger partial charge in [0.25, 0.3) is 5.91 Å². The fourth-order valence-electron chi connectivity index (χ4n) is 2.76. The molecule has 0 unspecified atom stereocenters. The Labute approximate surface area is 157 Å². The van der Waals surface area contributed by atoms with Crippen molar-refractivity contribution < 1.29 is 19.1 Å². The minimum absolute atomic E-state index is 0.128. The molecule has 2 N–H and O–H groups in total. The normalized spacial score (nSPS) is 16.2. The molecule has 2 amide bonds. The van der Waals surface area contributed by atoms with Crippen LogP contribution in [-0.4, -0.2) is 32.0 Å². The highest BCUT2D eigenvalue weighted by atomic mass is 16.5. The molecule has 0 bridgehead atoms. The Bertz CT molecular complexity index is 868. The highest BCUT2D eigenvalue weighted by Gasteiger charge is 2.24. The zero-order valence-electron chi connectivity index (χ0n) is 15.4. The van der Waals surface area contributed by atoms with Gasteiger partial charge in [-0.15, -0.1) is 0 Å². The van der Waals surface area contributed by atoms with Gasteiger partial charge in [0.2, 0.25) is 11.9 Å². The van der Waals surface area contributed by atoms with Crippen molar-refractivity contribution in [3.63, 3.8) is 0 Å². The van der Waals surface area contributed by atoms with Crippen LogP contribution in [0.4, 0.5) is 0 Å². The lowest BCUT2D eigenvalue weighted by atomic mass is 10.0. The number of carbonyl (C=O) groups is 2. The van der Waals surface area contributed by atoms with E-state index < -0.39 is 5.91 Å². The van der Waals surface area contributed by atoms with Gasteiger partial charge in [-0.1, -0.05) is 29.8 Å². The van der Waals surface area contributed by atoms with E-state index in [1.165, 1.54) is 14.2 Å². The summed E-state index contributed by atoms with van der Waals surface area (Å²) in [5, 5.41) is 5.25. The quantitative estimate of drug-likeness (QED) is 0.868. The van der Waals surface area contributed by atoms with E-state index in [2.05, 4.69) is 15.6 Å². The Hall–Kier alpha value is -3.35. The summed E-state index contributed by atoms with van der Waals surface area (Å²) in [5.41, 5.74) is 2.38. The molecule has 0 aromatic heterocycles. The lowest BCUT2D eigenvalue weighted by Crippen LogP contribution is -2.47. The number of ether oxygens (including phenoxy) is 2. The van der Waals surface area contributed by atoms with Gasteiger partial charge >= 0.3 is 0 Å². The summed E-state index contributed by atoms with van der Waals surface area (Å²) in [6.07, 6.45) is 0.232. The molecule has 1 aliphatic rings. The third kappa shape index (κ3) is 4.44. The van der Waals surface area contributed by atoms with Crippen LogP contribution in [0.5, 0.6) is 11.5 Å². The fraction of sp³-hybridized carbons (Fsp3) is 0.250. The largest absolute Gasteiger partial charge is 0.497 e. The van der Waals surface area contributed by atoms with Gasteiger partial charge in [-0.2, -0.15) is 0 Å². The van der Waals surface area contributed by atoms with Crippen molar-refractivity contribution in [2.24, 2.45) is 4.99 Å². The second kappa shape index (κ2) is 7.90. The summed E-state index contributed by atoms with van der Waals surface area (Å²) >= 11 is 0. The summed E-state index contributed by atoms with van der Waals surface area (Å²) in [7, 11) is 3.02. The molecule has 2 aromatic rings. The lowest BCUT2D eigenvalue weighted by Gasteiger charge is -2.21. The van der Waals surface area contributed by atoms with Crippen molar-refractivity contribution in [3.8, 4) is 11.5 Å². The number of methoxy groups -OCH3 is 2. The molecule has 0 radical (unpaired) electrons. The van der Waals surface area contributed by atoms with Gasteiger partial charge in [0.1, 0.15) is 11.5 Å². The molecule has 3 rings (SSSR count). The molecule has 0 saturated carbocycles. The second-order valence-corrected chi connectivity index (χ2v) is 6.21. The van der Waals surface area contributed by atoms with E-state index in [0.29, 0.717) is 17.1 Å². The molecule has 1 atom stereocenters. The summed E-state index contributed by atoms with van der Waals surface area (Å²) in [6, 6.07) is 12.3. The molecule has 1 heterocycles. The van der Waals surface area contributed by atoms with Crippen molar-refractivity contribution in [2.75, 3.05) is 14.2 Å². The van der Waals surface area contributed by atoms with Gasteiger partial charge in [-0.25, -0.2) is 4.99 Å². The second-order valence-electron chi connectivity index (χ2n) is 6.21. The first kappa shape index (κ1) is 18.4. The van der Waals surface area contributed by atoms with Crippen LogP contribution in [-0.2, 0) is 4.79 Å². The van der Waals surface area contributed by atoms with Gasteiger partial charge < -0.3 is 9.47 Å². The molecule has 0 spiro atoms. The first-order valence-corrected chi connectivity index (χ1v) is 8.47. The maximum atomic E-state index is 12.6. The predicted octanol–water partition coefficient (Wildman–Crippen LogP) is 2.36. The van der Waals surface area contributed by atoms with Crippen molar-refractivity contribution in [2.45, 2.75) is 19.4 Å². The Balaban J connectivity index is 1.82. The van der Waals surface area contributed by atoms with Crippen LogP contribution in [0.25, 0.3) is 0 Å². The summed E-state index contributed by atoms with van der Waals surface area (Å²) < 4.78 is 10.4. The standard InChI is InChI=1S/C20H21N3O4/c1-12-4-6-13(7-5-12)17-11-18(24)22-20(21-17)23-19(25)14-8-15(26-2)10-16(9-14)27-3/h4-10,17H,11H2,1-3H3,(H2,21,22,23,24,25)/t17-/m0/s1. The van der Waals surface area contributed by atoms with E-state index in [1.54, 1.807) is 18.2 Å². The Morgan fingerprint density at radius 1 is 1.11 bits per heavy atom. The molecule has 0 fully saturated rings. The number of guanidine groups is 1. The molecule has 7 nitrogen and oxygen atoms in total. The summed E-state index contributed by atoms with van der Waals surface area (Å²) in [4.78, 5) is 29.1. The third-order valence-electron chi connectivity index (χ3n) is 4.23. The first-order chi connectivity index (χ1) is 13.0. The molecule has 1 aliphatic heterocycles. The Morgan fingerprint density at radius 2 is 1.74 bits per heavy atom. The van der Waals surface area contributed by atoms with E-state index in [1.807, 2.05) is 31.2 Å². The average Bonchev–Trinajstić information content (AvgIpc) is 2.67. The molecule has 0 saturated heterocycles. The van der Waals surface area contributed by atoms with Gasteiger partial charge in [-0.05, 0) is 24.6 Å². The minimum atomic E-state index is -0.421. The SMILES string of the molecule is COc1cc(OC)cc(C(=O)NC2=N[C@H](c3ccc(C)cc3)CC(=O)N2)c1. The number of amides is 2. The van der Waals surface area contributed by atoms with E-state index in [-0.39, 0.29) is 24.3 Å². The van der Waals surface area contributed by atoms with Crippen LogP contribution in [0.1, 0.15) is 33.9 Å². The number of rotatable bonds is 4. The zero-order chi connectivity index (χ0) is 19.4. The van der Waals surface area contributed by atoms with Crippen molar-refractivity contribution >= 4 is 17.8 Å². The average molecular weight is 367 g/mol.